The van der Waals surface area contributed by atoms with E-state index in [1.165, 1.54) is 18.2 Å². The van der Waals surface area contributed by atoms with E-state index in [0.29, 0.717) is 18.5 Å². The molecule has 22 heavy (non-hydrogen) atoms. The normalized spacial score (nSPS) is 12.0. The van der Waals surface area contributed by atoms with Crippen LogP contribution in [0.4, 0.5) is 0 Å². The van der Waals surface area contributed by atoms with E-state index in [2.05, 4.69) is 9.71 Å². The lowest BCUT2D eigenvalue weighted by atomic mass is 10.3. The van der Waals surface area contributed by atoms with Gasteiger partial charge in [-0.15, -0.1) is 0 Å². The van der Waals surface area contributed by atoms with Gasteiger partial charge in [-0.1, -0.05) is 0 Å². The Kier molecular flexibility index (Phi) is 3.86. The van der Waals surface area contributed by atoms with E-state index < -0.39 is 15.8 Å². The molecule has 0 spiro atoms. The topological polar surface area (TPSA) is 97.1 Å². The molecule has 0 unspecified atom stereocenters. The lowest BCUT2D eigenvalue weighted by Crippen LogP contribution is -2.25. The van der Waals surface area contributed by atoms with Gasteiger partial charge in [0.25, 0.3) is 0 Å². The predicted molar refractivity (Wildman–Crippen MR) is 81.1 cm³/mol. The van der Waals surface area contributed by atoms with Crippen LogP contribution in [0.5, 0.6) is 0 Å². The third kappa shape index (κ3) is 3.12. The highest BCUT2D eigenvalue weighted by Gasteiger charge is 2.15. The fraction of sp³-hybridized carbons (Fsp3) is 0.214. The maximum atomic E-state index is 12.2. The summed E-state index contributed by atoms with van der Waals surface area (Å²) in [5, 5.41) is 0. The van der Waals surface area contributed by atoms with Gasteiger partial charge in [0.05, 0.1) is 10.4 Å². The quantitative estimate of drug-likeness (QED) is 0.669. The second kappa shape index (κ2) is 5.82. The molecule has 0 bridgehead atoms. The third-order valence-electron chi connectivity index (χ3n) is 3.25. The number of rotatable bonds is 6. The van der Waals surface area contributed by atoms with Crippen molar-refractivity contribution in [3.63, 3.8) is 0 Å². The Morgan fingerprint density at radius 3 is 2.77 bits per heavy atom. The number of aromatic nitrogens is 2. The highest BCUT2D eigenvalue weighted by atomic mass is 32.2. The van der Waals surface area contributed by atoms with E-state index in [-0.39, 0.29) is 10.5 Å². The molecule has 3 aromatic rings. The van der Waals surface area contributed by atoms with Crippen molar-refractivity contribution in [1.82, 2.24) is 14.3 Å². The Labute approximate surface area is 126 Å². The summed E-state index contributed by atoms with van der Waals surface area (Å²) < 4.78 is 33.8. The van der Waals surface area contributed by atoms with Crippen LogP contribution in [0.1, 0.15) is 6.42 Å². The van der Waals surface area contributed by atoms with Gasteiger partial charge in [0.15, 0.2) is 5.58 Å². The van der Waals surface area contributed by atoms with Crippen molar-refractivity contribution in [3.8, 4) is 0 Å². The Balaban J connectivity index is 1.66. The van der Waals surface area contributed by atoms with E-state index in [1.54, 1.807) is 0 Å². The fourth-order valence-electron chi connectivity index (χ4n) is 2.16. The van der Waals surface area contributed by atoms with Gasteiger partial charge in [0.2, 0.25) is 10.0 Å². The summed E-state index contributed by atoms with van der Waals surface area (Å²) in [7, 11) is -3.62. The molecule has 2 N–H and O–H groups in total. The molecule has 0 saturated carbocycles. The maximum Gasteiger partial charge on any atom is 0.417 e. The first-order valence-corrected chi connectivity index (χ1v) is 8.26. The van der Waals surface area contributed by atoms with Gasteiger partial charge >= 0.3 is 5.76 Å². The number of aryl methyl sites for hydroxylation is 1. The second-order valence-electron chi connectivity index (χ2n) is 4.84. The van der Waals surface area contributed by atoms with Crippen LogP contribution < -0.4 is 10.5 Å². The maximum absolute atomic E-state index is 12.2. The molecule has 0 fully saturated rings. The van der Waals surface area contributed by atoms with Crippen LogP contribution in [0.3, 0.4) is 0 Å². The molecule has 0 atom stereocenters. The summed E-state index contributed by atoms with van der Waals surface area (Å²) in [4.78, 5) is 13.6. The van der Waals surface area contributed by atoms with Gasteiger partial charge in [-0.3, -0.25) is 4.98 Å². The highest BCUT2D eigenvalue weighted by molar-refractivity contribution is 7.89. The van der Waals surface area contributed by atoms with Crippen LogP contribution in [0, 0.1) is 0 Å². The molecular weight excluding hydrogens is 306 g/mol. The summed E-state index contributed by atoms with van der Waals surface area (Å²) in [5.41, 5.74) is 0.691. The zero-order valence-corrected chi connectivity index (χ0v) is 12.5. The summed E-state index contributed by atoms with van der Waals surface area (Å²) in [6.45, 7) is 1.07. The first-order valence-electron chi connectivity index (χ1n) is 6.78. The van der Waals surface area contributed by atoms with E-state index >= 15 is 0 Å². The summed E-state index contributed by atoms with van der Waals surface area (Å²) in [5.74, 6) is -0.607. The average molecular weight is 321 g/mol. The van der Waals surface area contributed by atoms with Crippen LogP contribution in [0.2, 0.25) is 0 Å². The molecule has 1 aromatic carbocycles. The van der Waals surface area contributed by atoms with Crippen LogP contribution in [-0.2, 0) is 16.6 Å². The Hall–Kier alpha value is -2.32. The summed E-state index contributed by atoms with van der Waals surface area (Å²) in [6, 6.07) is 8.12. The number of nitrogens with zero attached hydrogens (tertiary/aromatic N) is 1. The fourth-order valence-corrected chi connectivity index (χ4v) is 3.25. The number of aromatic amines is 1. The van der Waals surface area contributed by atoms with Crippen molar-refractivity contribution in [2.24, 2.45) is 0 Å². The number of hydrogen-bond acceptors (Lipinski definition) is 4. The number of hydrogen-bond donors (Lipinski definition) is 2. The molecule has 0 aliphatic rings. The number of H-pyrrole nitrogens is 1. The number of nitrogens with one attached hydrogen (secondary N) is 2. The van der Waals surface area contributed by atoms with Gasteiger partial charge in [-0.2, -0.15) is 0 Å². The number of sulfonamides is 1. The number of fused-ring (bicyclic) bond motifs is 1. The second-order valence-corrected chi connectivity index (χ2v) is 6.61. The van der Waals surface area contributed by atoms with E-state index in [1.807, 2.05) is 29.1 Å². The van der Waals surface area contributed by atoms with Crippen LogP contribution in [0.15, 0.2) is 56.8 Å². The molecule has 116 valence electrons. The largest absolute Gasteiger partial charge is 0.417 e. The first-order chi connectivity index (χ1) is 10.5. The monoisotopic (exact) mass is 321 g/mol. The zero-order valence-electron chi connectivity index (χ0n) is 11.7. The summed E-state index contributed by atoms with van der Waals surface area (Å²) in [6.07, 6.45) is 4.53. The molecule has 0 amide bonds. The molecule has 2 heterocycles. The third-order valence-corrected chi connectivity index (χ3v) is 4.71. The number of benzene rings is 1. The number of oxazole rings is 1. The van der Waals surface area contributed by atoms with Crippen LogP contribution >= 0.6 is 0 Å². The molecule has 0 radical (unpaired) electrons. The SMILES string of the molecule is O=c1[nH]c2ccc(S(=O)(=O)NCCCn3cccc3)cc2o1. The van der Waals surface area contributed by atoms with E-state index in [4.69, 9.17) is 4.42 Å². The van der Waals surface area contributed by atoms with Gasteiger partial charge in [-0.05, 0) is 30.7 Å². The van der Waals surface area contributed by atoms with Gasteiger partial charge < -0.3 is 8.98 Å². The molecular formula is C14H15N3O4S. The minimum atomic E-state index is -3.62. The lowest BCUT2D eigenvalue weighted by Gasteiger charge is -2.07. The molecule has 3 rings (SSSR count). The van der Waals surface area contributed by atoms with E-state index in [0.717, 1.165) is 6.54 Å². The molecule has 2 aromatic heterocycles. The van der Waals surface area contributed by atoms with Crippen molar-refractivity contribution in [2.45, 2.75) is 17.9 Å². The molecule has 0 aliphatic heterocycles. The molecule has 8 heteroatoms. The average Bonchev–Trinajstić information content (AvgIpc) is 3.10. The Morgan fingerprint density at radius 1 is 1.23 bits per heavy atom. The van der Waals surface area contributed by atoms with Crippen LogP contribution in [-0.4, -0.2) is 24.5 Å². The molecule has 7 nitrogen and oxygen atoms in total. The minimum absolute atomic E-state index is 0.0729. The predicted octanol–water partition coefficient (Wildman–Crippen LogP) is 1.29. The standard InChI is InChI=1S/C14H15N3O4S/c18-14-16-12-5-4-11(10-13(12)21-14)22(19,20)15-6-3-9-17-7-1-2-8-17/h1-2,4-5,7-8,10,15H,3,6,9H2,(H,16,18). The van der Waals surface area contributed by atoms with E-state index in [9.17, 15) is 13.2 Å². The zero-order chi connectivity index (χ0) is 15.6. The van der Waals surface area contributed by atoms with Crippen molar-refractivity contribution in [3.05, 3.63) is 53.3 Å². The van der Waals surface area contributed by atoms with Crippen molar-refractivity contribution < 1.29 is 12.8 Å². The minimum Gasteiger partial charge on any atom is -0.408 e. The van der Waals surface area contributed by atoms with Crippen molar-refractivity contribution in [2.75, 3.05) is 6.54 Å². The van der Waals surface area contributed by atoms with Gasteiger partial charge in [0, 0.05) is 31.5 Å². The van der Waals surface area contributed by atoms with Gasteiger partial charge in [-0.25, -0.2) is 17.9 Å². The molecule has 0 saturated heterocycles. The smallest absolute Gasteiger partial charge is 0.408 e. The van der Waals surface area contributed by atoms with Crippen molar-refractivity contribution >= 4 is 21.1 Å². The Morgan fingerprint density at radius 2 is 2.00 bits per heavy atom. The molecule has 0 aliphatic carbocycles. The van der Waals surface area contributed by atoms with Crippen LogP contribution in [0.25, 0.3) is 11.1 Å². The first kappa shape index (κ1) is 14.6. The van der Waals surface area contributed by atoms with Gasteiger partial charge in [0.1, 0.15) is 0 Å². The summed E-state index contributed by atoms with van der Waals surface area (Å²) >= 11 is 0. The highest BCUT2D eigenvalue weighted by Crippen LogP contribution is 2.16. The van der Waals surface area contributed by atoms with Crippen molar-refractivity contribution in [1.29, 1.82) is 0 Å². The lowest BCUT2D eigenvalue weighted by molar-refractivity contribution is 0.552. The Bertz CT molecular complexity index is 923.